The molecule has 15 nitrogen and oxygen atoms in total. The van der Waals surface area contributed by atoms with Crippen LogP contribution in [0.1, 0.15) is 31.7 Å². The first kappa shape index (κ1) is 22.8. The van der Waals surface area contributed by atoms with Crippen molar-refractivity contribution >= 4 is 29.8 Å². The second-order valence-electron chi connectivity index (χ2n) is 6.73. The van der Waals surface area contributed by atoms with E-state index in [0.717, 1.165) is 6.92 Å². The third kappa shape index (κ3) is 5.54. The van der Waals surface area contributed by atoms with E-state index in [1.807, 2.05) is 5.32 Å². The number of primary amides is 1. The van der Waals surface area contributed by atoms with Crippen LogP contribution in [0.3, 0.4) is 0 Å². The molecule has 0 bridgehead atoms. The summed E-state index contributed by atoms with van der Waals surface area (Å²) < 4.78 is 5.01. The number of aliphatic carboxylic acids is 2. The Bertz CT molecular complexity index is 812. The molecule has 1 fully saturated rings. The Kier molecular flexibility index (Phi) is 7.12. The zero-order valence-electron chi connectivity index (χ0n) is 15.8. The van der Waals surface area contributed by atoms with Crippen LogP contribution in [-0.2, 0) is 14.4 Å². The molecule has 0 radical (unpaired) electrons. The van der Waals surface area contributed by atoms with Gasteiger partial charge in [-0.3, -0.25) is 4.79 Å². The summed E-state index contributed by atoms with van der Waals surface area (Å²) in [7, 11) is 0. The van der Waals surface area contributed by atoms with Gasteiger partial charge in [0, 0.05) is 13.0 Å². The number of aliphatic hydroxyl groups excluding tert-OH is 2. The summed E-state index contributed by atoms with van der Waals surface area (Å²) in [5, 5.41) is 45.3. The van der Waals surface area contributed by atoms with Gasteiger partial charge in [0.25, 0.3) is 11.8 Å². The van der Waals surface area contributed by atoms with E-state index < -0.39 is 60.6 Å². The van der Waals surface area contributed by atoms with E-state index in [0.29, 0.717) is 0 Å². The highest BCUT2D eigenvalue weighted by Gasteiger charge is 2.39. The number of β-amino-alcohol motifs (C(OH)–C–C–N with tert-alkyl or cyclic N) is 1. The van der Waals surface area contributed by atoms with Crippen LogP contribution in [0.15, 0.2) is 4.52 Å². The lowest BCUT2D eigenvalue weighted by Crippen LogP contribution is -2.52. The van der Waals surface area contributed by atoms with Gasteiger partial charge in [0.1, 0.15) is 12.1 Å². The SMILES string of the molecule is CC(O)C(NC(=O)N[C@@H](CC(N)=O)c1nc(N2C[C@H](O)C[C@@H]2C(=O)O)no1)C(=O)O. The van der Waals surface area contributed by atoms with E-state index in [4.69, 9.17) is 15.4 Å². The normalized spacial score (nSPS) is 21.5. The van der Waals surface area contributed by atoms with Crippen molar-refractivity contribution < 1.29 is 44.1 Å². The van der Waals surface area contributed by atoms with Crippen LogP contribution < -0.4 is 21.3 Å². The molecule has 5 atom stereocenters. The molecule has 2 unspecified atom stereocenters. The molecule has 0 aromatic carbocycles. The molecule has 0 saturated carbocycles. The van der Waals surface area contributed by atoms with Gasteiger partial charge < -0.3 is 46.2 Å². The van der Waals surface area contributed by atoms with E-state index in [1.165, 1.54) is 4.90 Å². The van der Waals surface area contributed by atoms with E-state index in [2.05, 4.69) is 15.5 Å². The predicted octanol–water partition coefficient (Wildman–Crippen LogP) is -2.86. The van der Waals surface area contributed by atoms with Gasteiger partial charge in [-0.05, 0) is 12.1 Å². The van der Waals surface area contributed by atoms with Gasteiger partial charge in [0.2, 0.25) is 5.91 Å². The summed E-state index contributed by atoms with van der Waals surface area (Å²) in [6, 6.07) is -5.05. The maximum atomic E-state index is 12.1. The number of carboxylic acid groups (broad SMARTS) is 2. The maximum Gasteiger partial charge on any atom is 0.328 e. The molecule has 1 aromatic rings. The molecular weight excluding hydrogens is 408 g/mol. The fraction of sp³-hybridized carbons (Fsp3) is 0.600. The number of hydrogen-bond acceptors (Lipinski definition) is 10. The molecule has 30 heavy (non-hydrogen) atoms. The summed E-state index contributed by atoms with van der Waals surface area (Å²) in [5.74, 6) is -4.03. The number of aromatic nitrogens is 2. The van der Waals surface area contributed by atoms with Crippen molar-refractivity contribution in [2.45, 2.75) is 50.1 Å². The number of rotatable bonds is 9. The van der Waals surface area contributed by atoms with E-state index >= 15 is 0 Å². The van der Waals surface area contributed by atoms with Gasteiger partial charge >= 0.3 is 18.0 Å². The number of aliphatic hydroxyl groups is 2. The minimum absolute atomic E-state index is 0.0551. The largest absolute Gasteiger partial charge is 0.480 e. The monoisotopic (exact) mass is 430 g/mol. The molecule has 3 amide bonds. The van der Waals surface area contributed by atoms with Crippen molar-refractivity contribution in [3.63, 3.8) is 0 Å². The van der Waals surface area contributed by atoms with Crippen LogP contribution in [0, 0.1) is 0 Å². The highest BCUT2D eigenvalue weighted by atomic mass is 16.5. The maximum absolute atomic E-state index is 12.1. The number of nitrogens with zero attached hydrogens (tertiary/aromatic N) is 3. The topological polar surface area (TPSA) is 241 Å². The third-order valence-corrected chi connectivity index (χ3v) is 4.30. The average Bonchev–Trinajstić information content (AvgIpc) is 3.24. The number of amides is 3. The first-order valence-corrected chi connectivity index (χ1v) is 8.76. The second kappa shape index (κ2) is 9.36. The molecule has 15 heteroatoms. The Labute approximate surface area is 168 Å². The lowest BCUT2D eigenvalue weighted by molar-refractivity contribution is -0.142. The molecule has 8 N–H and O–H groups in total. The molecule has 2 heterocycles. The highest BCUT2D eigenvalue weighted by molar-refractivity contribution is 5.83. The first-order valence-electron chi connectivity index (χ1n) is 8.76. The molecule has 166 valence electrons. The van der Waals surface area contributed by atoms with Gasteiger partial charge in [0.05, 0.1) is 18.6 Å². The molecule has 2 rings (SSSR count). The smallest absolute Gasteiger partial charge is 0.328 e. The number of carbonyl (C=O) groups excluding carboxylic acids is 2. The van der Waals surface area contributed by atoms with Crippen LogP contribution in [-0.4, -0.2) is 85.3 Å². The third-order valence-electron chi connectivity index (χ3n) is 4.30. The van der Waals surface area contributed by atoms with Crippen LogP contribution in [0.25, 0.3) is 0 Å². The van der Waals surface area contributed by atoms with Gasteiger partial charge in [-0.2, -0.15) is 4.98 Å². The predicted molar refractivity (Wildman–Crippen MR) is 95.0 cm³/mol. The first-order chi connectivity index (χ1) is 14.0. The molecule has 1 saturated heterocycles. The number of carbonyl (C=O) groups is 4. The Morgan fingerprint density at radius 2 is 1.97 bits per heavy atom. The number of nitrogens with two attached hydrogens (primary N) is 1. The number of anilines is 1. The number of hydrogen-bond donors (Lipinski definition) is 7. The van der Waals surface area contributed by atoms with Crippen LogP contribution >= 0.6 is 0 Å². The standard InChI is InChI=1S/C15H22N6O9/c1-5(22)10(13(27)28)18-15(29)17-7(3-9(16)24)11-19-14(20-30-11)21-4-6(23)2-8(21)12(25)26/h5-8,10,22-23H,2-4H2,1H3,(H2,16,24)(H,25,26)(H,27,28)(H2,17,18,29)/t5?,6-,7+,8-,10?/m1/s1. The summed E-state index contributed by atoms with van der Waals surface area (Å²) in [4.78, 5) is 51.1. The molecule has 0 spiro atoms. The van der Waals surface area contributed by atoms with Crippen molar-refractivity contribution in [1.29, 1.82) is 0 Å². The number of urea groups is 1. The number of nitrogens with one attached hydrogen (secondary N) is 2. The van der Waals surface area contributed by atoms with Gasteiger partial charge in [0.15, 0.2) is 6.04 Å². The van der Waals surface area contributed by atoms with Crippen molar-refractivity contribution in [2.75, 3.05) is 11.4 Å². The lowest BCUT2D eigenvalue weighted by atomic mass is 10.2. The molecule has 1 aliphatic rings. The summed E-state index contributed by atoms with van der Waals surface area (Å²) in [6.45, 7) is 1.09. The fourth-order valence-corrected chi connectivity index (χ4v) is 2.89. The van der Waals surface area contributed by atoms with Crippen LogP contribution in [0.5, 0.6) is 0 Å². The van der Waals surface area contributed by atoms with Gasteiger partial charge in [-0.1, -0.05) is 0 Å². The lowest BCUT2D eigenvalue weighted by Gasteiger charge is -2.20. The Morgan fingerprint density at radius 3 is 2.50 bits per heavy atom. The van der Waals surface area contributed by atoms with E-state index in [9.17, 15) is 34.5 Å². The fourth-order valence-electron chi connectivity index (χ4n) is 2.89. The van der Waals surface area contributed by atoms with Crippen molar-refractivity contribution in [2.24, 2.45) is 5.73 Å². The average molecular weight is 430 g/mol. The van der Waals surface area contributed by atoms with E-state index in [1.54, 1.807) is 0 Å². The van der Waals surface area contributed by atoms with Crippen molar-refractivity contribution in [1.82, 2.24) is 20.8 Å². The van der Waals surface area contributed by atoms with Crippen molar-refractivity contribution in [3.05, 3.63) is 5.89 Å². The number of carboxylic acids is 2. The van der Waals surface area contributed by atoms with Crippen LogP contribution in [0.4, 0.5) is 10.7 Å². The molecule has 1 aromatic heterocycles. The Morgan fingerprint density at radius 1 is 1.30 bits per heavy atom. The van der Waals surface area contributed by atoms with Gasteiger partial charge in [-0.25, -0.2) is 14.4 Å². The van der Waals surface area contributed by atoms with Gasteiger partial charge in [-0.15, -0.1) is 0 Å². The Hall–Kier alpha value is -3.46. The minimum Gasteiger partial charge on any atom is -0.480 e. The quantitative estimate of drug-likeness (QED) is 0.209. The minimum atomic E-state index is -1.63. The summed E-state index contributed by atoms with van der Waals surface area (Å²) >= 11 is 0. The highest BCUT2D eigenvalue weighted by Crippen LogP contribution is 2.25. The molecular formula is C15H22N6O9. The van der Waals surface area contributed by atoms with Crippen molar-refractivity contribution in [3.8, 4) is 0 Å². The zero-order chi connectivity index (χ0) is 22.6. The summed E-state index contributed by atoms with van der Waals surface area (Å²) in [5.41, 5.74) is 5.16. The zero-order valence-corrected chi connectivity index (χ0v) is 15.8. The molecule has 0 aliphatic carbocycles. The Balaban J connectivity index is 2.18. The molecule has 1 aliphatic heterocycles. The summed E-state index contributed by atoms with van der Waals surface area (Å²) in [6.07, 6.45) is -2.88. The van der Waals surface area contributed by atoms with E-state index in [-0.39, 0.29) is 24.8 Å². The second-order valence-corrected chi connectivity index (χ2v) is 6.73. The van der Waals surface area contributed by atoms with Crippen LogP contribution in [0.2, 0.25) is 0 Å².